The highest BCUT2D eigenvalue weighted by atomic mass is 35.5. The highest BCUT2D eigenvalue weighted by Crippen LogP contribution is 2.52. The zero-order chi connectivity index (χ0) is 18.0. The summed E-state index contributed by atoms with van der Waals surface area (Å²) in [4.78, 5) is 4.68. The Morgan fingerprint density at radius 2 is 2.24 bits per heavy atom. The monoisotopic (exact) mass is 367 g/mol. The molecule has 1 aliphatic carbocycles. The van der Waals surface area contributed by atoms with Crippen LogP contribution in [0.4, 0.5) is 4.39 Å². The molecule has 2 N–H and O–H groups in total. The van der Waals surface area contributed by atoms with Gasteiger partial charge in [-0.3, -0.25) is 4.99 Å². The van der Waals surface area contributed by atoms with Crippen molar-refractivity contribution in [1.29, 1.82) is 0 Å². The molecule has 1 aliphatic heterocycles. The standard InChI is InChI=1S/C19H27ClFN3O/c1-4-22-18(23-9-7-12-5-6-13(21)11-15(12)20)24-16-14-8-10-25-17(14)19(16,2)3/h5-6,11,14,16-17H,4,7-10H2,1-3H3,(H2,22,23,24). The van der Waals surface area contributed by atoms with Crippen LogP contribution in [0, 0.1) is 17.2 Å². The van der Waals surface area contributed by atoms with Crippen molar-refractivity contribution in [3.05, 3.63) is 34.6 Å². The van der Waals surface area contributed by atoms with Crippen molar-refractivity contribution in [1.82, 2.24) is 10.6 Å². The number of benzene rings is 1. The number of aliphatic imine (C=N–C) groups is 1. The second-order valence-corrected chi connectivity index (χ2v) is 7.84. The van der Waals surface area contributed by atoms with Gasteiger partial charge < -0.3 is 15.4 Å². The second kappa shape index (κ2) is 7.50. The minimum absolute atomic E-state index is 0.109. The summed E-state index contributed by atoms with van der Waals surface area (Å²) in [6.07, 6.45) is 2.14. The summed E-state index contributed by atoms with van der Waals surface area (Å²) < 4.78 is 19.0. The fourth-order valence-electron chi connectivity index (χ4n) is 4.10. The first-order chi connectivity index (χ1) is 11.9. The number of ether oxygens (including phenoxy) is 1. The van der Waals surface area contributed by atoms with Gasteiger partial charge in [0.25, 0.3) is 0 Å². The van der Waals surface area contributed by atoms with Crippen molar-refractivity contribution in [2.24, 2.45) is 16.3 Å². The minimum Gasteiger partial charge on any atom is -0.377 e. The number of rotatable bonds is 5. The zero-order valence-corrected chi connectivity index (χ0v) is 15.9. The number of halogens is 2. The van der Waals surface area contributed by atoms with E-state index < -0.39 is 0 Å². The van der Waals surface area contributed by atoms with Crippen molar-refractivity contribution in [2.75, 3.05) is 19.7 Å². The molecule has 6 heteroatoms. The molecule has 3 rings (SSSR count). The Morgan fingerprint density at radius 3 is 2.96 bits per heavy atom. The lowest BCUT2D eigenvalue weighted by molar-refractivity contribution is -0.106. The Morgan fingerprint density at radius 1 is 1.44 bits per heavy atom. The number of fused-ring (bicyclic) bond motifs is 1. The van der Waals surface area contributed by atoms with Crippen LogP contribution in [0.25, 0.3) is 0 Å². The maximum Gasteiger partial charge on any atom is 0.191 e. The molecule has 0 bridgehead atoms. The van der Waals surface area contributed by atoms with Gasteiger partial charge in [-0.25, -0.2) is 4.39 Å². The lowest BCUT2D eigenvalue weighted by Crippen LogP contribution is -2.68. The summed E-state index contributed by atoms with van der Waals surface area (Å²) in [6, 6.07) is 4.88. The van der Waals surface area contributed by atoms with E-state index in [2.05, 4.69) is 36.4 Å². The molecule has 0 spiro atoms. The number of nitrogens with one attached hydrogen (secondary N) is 2. The van der Waals surface area contributed by atoms with Crippen molar-refractivity contribution in [3.8, 4) is 0 Å². The van der Waals surface area contributed by atoms with Gasteiger partial charge in [0.2, 0.25) is 0 Å². The van der Waals surface area contributed by atoms with Crippen LogP contribution in [0.1, 0.15) is 32.8 Å². The van der Waals surface area contributed by atoms with Gasteiger partial charge in [0.05, 0.1) is 6.10 Å². The Kier molecular flexibility index (Phi) is 5.54. The van der Waals surface area contributed by atoms with Crippen LogP contribution in [0.15, 0.2) is 23.2 Å². The summed E-state index contributed by atoms with van der Waals surface area (Å²) in [5.41, 5.74) is 1.02. The lowest BCUT2D eigenvalue weighted by Gasteiger charge is -2.54. The molecule has 3 atom stereocenters. The average molecular weight is 368 g/mol. The second-order valence-electron chi connectivity index (χ2n) is 7.43. The highest BCUT2D eigenvalue weighted by molar-refractivity contribution is 6.31. The molecule has 0 amide bonds. The molecule has 1 aromatic rings. The predicted octanol–water partition coefficient (Wildman–Crippen LogP) is 3.39. The molecule has 1 saturated carbocycles. The molecular formula is C19H27ClFN3O. The SMILES string of the molecule is CCNC(=NCCc1ccc(F)cc1Cl)NC1C2CCOC2C1(C)C. The zero-order valence-electron chi connectivity index (χ0n) is 15.1. The molecule has 138 valence electrons. The van der Waals surface area contributed by atoms with Crippen molar-refractivity contribution < 1.29 is 9.13 Å². The van der Waals surface area contributed by atoms with Gasteiger partial charge in [-0.15, -0.1) is 0 Å². The molecule has 1 aromatic carbocycles. The van der Waals surface area contributed by atoms with E-state index in [4.69, 9.17) is 16.3 Å². The molecule has 25 heavy (non-hydrogen) atoms. The highest BCUT2D eigenvalue weighted by Gasteiger charge is 2.59. The molecule has 1 heterocycles. The normalized spacial score (nSPS) is 27.6. The molecule has 1 saturated heterocycles. The molecule has 0 aromatic heterocycles. The maximum absolute atomic E-state index is 13.1. The third kappa shape index (κ3) is 3.77. The van der Waals surface area contributed by atoms with Gasteiger partial charge in [0.15, 0.2) is 5.96 Å². The van der Waals surface area contributed by atoms with Crippen molar-refractivity contribution in [3.63, 3.8) is 0 Å². The first kappa shape index (κ1) is 18.5. The lowest BCUT2D eigenvalue weighted by atomic mass is 9.57. The summed E-state index contributed by atoms with van der Waals surface area (Å²) in [5.74, 6) is 1.07. The first-order valence-electron chi connectivity index (χ1n) is 9.04. The van der Waals surface area contributed by atoms with E-state index in [-0.39, 0.29) is 11.2 Å². The van der Waals surface area contributed by atoms with E-state index in [1.165, 1.54) is 12.1 Å². The minimum atomic E-state index is -0.312. The quantitative estimate of drug-likeness (QED) is 0.619. The predicted molar refractivity (Wildman–Crippen MR) is 99.6 cm³/mol. The van der Waals surface area contributed by atoms with Gasteiger partial charge >= 0.3 is 0 Å². The first-order valence-corrected chi connectivity index (χ1v) is 9.41. The summed E-state index contributed by atoms with van der Waals surface area (Å²) in [6.45, 7) is 8.81. The number of guanidine groups is 1. The van der Waals surface area contributed by atoms with E-state index in [1.807, 2.05) is 0 Å². The van der Waals surface area contributed by atoms with E-state index in [1.54, 1.807) is 6.07 Å². The Hall–Kier alpha value is -1.33. The smallest absolute Gasteiger partial charge is 0.191 e. The van der Waals surface area contributed by atoms with Gasteiger partial charge in [-0.2, -0.15) is 0 Å². The van der Waals surface area contributed by atoms with E-state index in [0.717, 1.165) is 31.1 Å². The maximum atomic E-state index is 13.1. The fraction of sp³-hybridized carbons (Fsp3) is 0.632. The van der Waals surface area contributed by atoms with Crippen LogP contribution in [-0.2, 0) is 11.2 Å². The van der Waals surface area contributed by atoms with Gasteiger partial charge in [-0.05, 0) is 37.5 Å². The Labute approximate surface area is 154 Å². The van der Waals surface area contributed by atoms with Crippen LogP contribution >= 0.6 is 11.6 Å². The van der Waals surface area contributed by atoms with Gasteiger partial charge in [0, 0.05) is 42.1 Å². The van der Waals surface area contributed by atoms with Crippen molar-refractivity contribution in [2.45, 2.75) is 45.8 Å². The van der Waals surface area contributed by atoms with Crippen LogP contribution in [0.3, 0.4) is 0 Å². The van der Waals surface area contributed by atoms with Crippen LogP contribution in [0.2, 0.25) is 5.02 Å². The third-order valence-electron chi connectivity index (χ3n) is 5.40. The molecule has 0 radical (unpaired) electrons. The van der Waals surface area contributed by atoms with E-state index in [9.17, 15) is 4.39 Å². The molecular weight excluding hydrogens is 341 g/mol. The van der Waals surface area contributed by atoms with E-state index in [0.29, 0.717) is 36.1 Å². The van der Waals surface area contributed by atoms with Crippen LogP contribution < -0.4 is 10.6 Å². The number of nitrogens with zero attached hydrogens (tertiary/aromatic N) is 1. The molecule has 4 nitrogen and oxygen atoms in total. The van der Waals surface area contributed by atoms with E-state index >= 15 is 0 Å². The third-order valence-corrected chi connectivity index (χ3v) is 5.75. The average Bonchev–Trinajstić information content (AvgIpc) is 3.01. The van der Waals surface area contributed by atoms with Gasteiger partial charge in [-0.1, -0.05) is 31.5 Å². The molecule has 2 fully saturated rings. The Bertz CT molecular complexity index is 650. The summed E-state index contributed by atoms with van der Waals surface area (Å²) >= 11 is 6.09. The topological polar surface area (TPSA) is 45.7 Å². The Balaban J connectivity index is 1.61. The fourth-order valence-corrected chi connectivity index (χ4v) is 4.36. The van der Waals surface area contributed by atoms with Crippen LogP contribution in [0.5, 0.6) is 0 Å². The molecule has 3 unspecified atom stereocenters. The van der Waals surface area contributed by atoms with Gasteiger partial charge in [0.1, 0.15) is 5.82 Å². The number of hydrogen-bond acceptors (Lipinski definition) is 2. The summed E-state index contributed by atoms with van der Waals surface area (Å²) in [7, 11) is 0. The van der Waals surface area contributed by atoms with Crippen molar-refractivity contribution >= 4 is 17.6 Å². The summed E-state index contributed by atoms with van der Waals surface area (Å²) in [5, 5.41) is 7.36. The molecule has 2 aliphatic rings. The van der Waals surface area contributed by atoms with Crippen LogP contribution in [-0.4, -0.2) is 37.8 Å². The largest absolute Gasteiger partial charge is 0.377 e. The number of hydrogen-bond donors (Lipinski definition) is 2.